The SMILES string of the molecule is COc1ccc(CN2C(=S)N[C@H]3C[C@@]2(C)Oc2c(OC)cccc23)cc1. The second-order valence-corrected chi connectivity index (χ2v) is 7.18. The molecule has 2 bridgehead atoms. The van der Waals surface area contributed by atoms with Crippen LogP contribution >= 0.6 is 12.2 Å². The van der Waals surface area contributed by atoms with E-state index in [0.717, 1.165) is 34.8 Å². The summed E-state index contributed by atoms with van der Waals surface area (Å²) in [5, 5.41) is 4.17. The summed E-state index contributed by atoms with van der Waals surface area (Å²) in [6, 6.07) is 14.1. The van der Waals surface area contributed by atoms with Gasteiger partial charge in [-0.05, 0) is 42.9 Å². The number of methoxy groups -OCH3 is 2. The third-order valence-corrected chi connectivity index (χ3v) is 5.46. The molecule has 0 aromatic heterocycles. The van der Waals surface area contributed by atoms with Gasteiger partial charge in [-0.1, -0.05) is 24.3 Å². The first-order valence-electron chi connectivity index (χ1n) is 8.61. The summed E-state index contributed by atoms with van der Waals surface area (Å²) in [5.41, 5.74) is 1.70. The minimum Gasteiger partial charge on any atom is -0.497 e. The Balaban J connectivity index is 1.66. The average Bonchev–Trinajstić information content (AvgIpc) is 2.65. The molecule has 0 amide bonds. The zero-order chi connectivity index (χ0) is 18.3. The fourth-order valence-corrected chi connectivity index (χ4v) is 4.12. The first-order chi connectivity index (χ1) is 12.5. The van der Waals surface area contributed by atoms with Crippen LogP contribution < -0.4 is 19.5 Å². The topological polar surface area (TPSA) is 43.0 Å². The van der Waals surface area contributed by atoms with Crippen LogP contribution in [-0.4, -0.2) is 30.0 Å². The van der Waals surface area contributed by atoms with Gasteiger partial charge in [0.25, 0.3) is 0 Å². The molecule has 1 saturated heterocycles. The molecule has 0 saturated carbocycles. The lowest BCUT2D eigenvalue weighted by Crippen LogP contribution is -2.64. The summed E-state index contributed by atoms with van der Waals surface area (Å²) in [7, 11) is 3.33. The van der Waals surface area contributed by atoms with Crippen molar-refractivity contribution in [2.75, 3.05) is 14.2 Å². The molecule has 0 aliphatic carbocycles. The van der Waals surface area contributed by atoms with E-state index in [9.17, 15) is 0 Å². The number of fused-ring (bicyclic) bond motifs is 4. The molecule has 2 aromatic rings. The fraction of sp³-hybridized carbons (Fsp3) is 0.350. The van der Waals surface area contributed by atoms with Gasteiger partial charge in [-0.3, -0.25) is 0 Å². The summed E-state index contributed by atoms with van der Waals surface area (Å²) in [6.07, 6.45) is 0.809. The summed E-state index contributed by atoms with van der Waals surface area (Å²) >= 11 is 5.67. The molecule has 2 atom stereocenters. The van der Waals surface area contributed by atoms with Gasteiger partial charge in [0.1, 0.15) is 5.75 Å². The van der Waals surface area contributed by atoms with Gasteiger partial charge >= 0.3 is 0 Å². The number of hydrogen-bond acceptors (Lipinski definition) is 4. The first kappa shape index (κ1) is 17.0. The monoisotopic (exact) mass is 370 g/mol. The Labute approximate surface area is 158 Å². The molecule has 4 rings (SSSR count). The van der Waals surface area contributed by atoms with E-state index in [1.54, 1.807) is 14.2 Å². The van der Waals surface area contributed by atoms with Crippen LogP contribution in [0, 0.1) is 0 Å². The Kier molecular flexibility index (Phi) is 4.15. The molecule has 0 unspecified atom stereocenters. The lowest BCUT2D eigenvalue weighted by molar-refractivity contribution is -0.0736. The normalized spacial score (nSPS) is 23.6. The fourth-order valence-electron chi connectivity index (χ4n) is 3.72. The van der Waals surface area contributed by atoms with Crippen LogP contribution in [0.3, 0.4) is 0 Å². The minimum atomic E-state index is -0.533. The zero-order valence-corrected chi connectivity index (χ0v) is 15.9. The standard InChI is InChI=1S/C20H22N2O3S/c1-20-11-16(15-5-4-6-17(24-3)18(15)25-20)21-19(26)22(20)12-13-7-9-14(23-2)10-8-13/h4-10,16H,11-12H2,1-3H3,(H,21,26)/t16-,20+/m0/s1. The molecule has 0 spiro atoms. The highest BCUT2D eigenvalue weighted by Crippen LogP contribution is 2.48. The number of benzene rings is 2. The second kappa shape index (κ2) is 6.36. The van der Waals surface area contributed by atoms with Gasteiger partial charge in [0.05, 0.1) is 20.3 Å². The van der Waals surface area contributed by atoms with Crippen molar-refractivity contribution >= 4 is 17.3 Å². The maximum Gasteiger partial charge on any atom is 0.184 e. The Morgan fingerprint density at radius 3 is 2.65 bits per heavy atom. The largest absolute Gasteiger partial charge is 0.497 e. The molecule has 1 N–H and O–H groups in total. The molecule has 26 heavy (non-hydrogen) atoms. The van der Waals surface area contributed by atoms with Crippen LogP contribution in [0.1, 0.15) is 30.5 Å². The van der Waals surface area contributed by atoms with Gasteiger partial charge in [-0.25, -0.2) is 0 Å². The Bertz CT molecular complexity index is 839. The predicted octanol–water partition coefficient (Wildman–Crippen LogP) is 3.63. The number of para-hydroxylation sites is 1. The highest BCUT2D eigenvalue weighted by atomic mass is 32.1. The maximum atomic E-state index is 6.46. The molecule has 2 aromatic carbocycles. The smallest absolute Gasteiger partial charge is 0.184 e. The molecule has 2 heterocycles. The molecule has 136 valence electrons. The van der Waals surface area contributed by atoms with E-state index in [-0.39, 0.29) is 6.04 Å². The molecule has 1 fully saturated rings. The van der Waals surface area contributed by atoms with Gasteiger partial charge in [0.2, 0.25) is 0 Å². The van der Waals surface area contributed by atoms with Crippen molar-refractivity contribution < 1.29 is 14.2 Å². The summed E-state index contributed by atoms with van der Waals surface area (Å²) < 4.78 is 17.2. The minimum absolute atomic E-state index is 0.124. The van der Waals surface area contributed by atoms with E-state index >= 15 is 0 Å². The van der Waals surface area contributed by atoms with E-state index in [1.807, 2.05) is 36.4 Å². The zero-order valence-electron chi connectivity index (χ0n) is 15.1. The van der Waals surface area contributed by atoms with Crippen LogP contribution in [0.2, 0.25) is 0 Å². The predicted molar refractivity (Wildman–Crippen MR) is 104 cm³/mol. The lowest BCUT2D eigenvalue weighted by Gasteiger charge is -2.52. The van der Waals surface area contributed by atoms with E-state index in [0.29, 0.717) is 11.7 Å². The summed E-state index contributed by atoms with van der Waals surface area (Å²) in [6.45, 7) is 2.75. The number of nitrogens with one attached hydrogen (secondary N) is 1. The van der Waals surface area contributed by atoms with Crippen LogP contribution in [0.25, 0.3) is 0 Å². The van der Waals surface area contributed by atoms with Crippen molar-refractivity contribution in [1.82, 2.24) is 10.2 Å². The molecule has 6 heteroatoms. The molecule has 2 aliphatic heterocycles. The van der Waals surface area contributed by atoms with Crippen molar-refractivity contribution in [1.29, 1.82) is 0 Å². The molecule has 2 aliphatic rings. The third kappa shape index (κ3) is 2.74. The summed E-state index contributed by atoms with van der Waals surface area (Å²) in [4.78, 5) is 2.11. The number of hydrogen-bond donors (Lipinski definition) is 1. The quantitative estimate of drug-likeness (QED) is 0.829. The molecular weight excluding hydrogens is 348 g/mol. The number of thiocarbonyl (C=S) groups is 1. The Morgan fingerprint density at radius 2 is 1.96 bits per heavy atom. The van der Waals surface area contributed by atoms with E-state index in [1.165, 1.54) is 0 Å². The molecular formula is C20H22N2O3S. The van der Waals surface area contributed by atoms with Gasteiger partial charge in [0.15, 0.2) is 22.3 Å². The number of rotatable bonds is 4. The highest BCUT2D eigenvalue weighted by molar-refractivity contribution is 7.80. The first-order valence-corrected chi connectivity index (χ1v) is 9.02. The van der Waals surface area contributed by atoms with E-state index in [4.69, 9.17) is 26.4 Å². The van der Waals surface area contributed by atoms with Crippen LogP contribution in [0.5, 0.6) is 17.2 Å². The van der Waals surface area contributed by atoms with E-state index < -0.39 is 5.72 Å². The number of ether oxygens (including phenoxy) is 3. The van der Waals surface area contributed by atoms with E-state index in [2.05, 4.69) is 23.2 Å². The van der Waals surface area contributed by atoms with Crippen LogP contribution in [0.15, 0.2) is 42.5 Å². The van der Waals surface area contributed by atoms with Crippen molar-refractivity contribution in [3.05, 3.63) is 53.6 Å². The van der Waals surface area contributed by atoms with Gasteiger partial charge in [-0.15, -0.1) is 0 Å². The van der Waals surface area contributed by atoms with Crippen LogP contribution in [0.4, 0.5) is 0 Å². The Morgan fingerprint density at radius 1 is 1.19 bits per heavy atom. The van der Waals surface area contributed by atoms with Crippen molar-refractivity contribution in [2.24, 2.45) is 0 Å². The average molecular weight is 370 g/mol. The summed E-state index contributed by atoms with van der Waals surface area (Å²) in [5.74, 6) is 2.38. The van der Waals surface area contributed by atoms with Crippen LogP contribution in [-0.2, 0) is 6.54 Å². The maximum absolute atomic E-state index is 6.46. The molecule has 5 nitrogen and oxygen atoms in total. The van der Waals surface area contributed by atoms with Gasteiger partial charge < -0.3 is 24.4 Å². The van der Waals surface area contributed by atoms with Gasteiger partial charge in [-0.2, -0.15) is 0 Å². The second-order valence-electron chi connectivity index (χ2n) is 6.80. The third-order valence-electron chi connectivity index (χ3n) is 5.12. The van der Waals surface area contributed by atoms with Gasteiger partial charge in [0, 0.05) is 18.5 Å². The molecule has 0 radical (unpaired) electrons. The van der Waals surface area contributed by atoms with Crippen molar-refractivity contribution in [3.8, 4) is 17.2 Å². The Hall–Kier alpha value is -2.47. The van der Waals surface area contributed by atoms with Crippen molar-refractivity contribution in [3.63, 3.8) is 0 Å². The number of nitrogens with zero attached hydrogens (tertiary/aromatic N) is 1. The highest BCUT2D eigenvalue weighted by Gasteiger charge is 2.48. The van der Waals surface area contributed by atoms with Crippen molar-refractivity contribution in [2.45, 2.75) is 31.7 Å². The lowest BCUT2D eigenvalue weighted by atomic mass is 9.90.